The fraction of sp³-hybridized carbons (Fsp3) is 0.250. The predicted molar refractivity (Wildman–Crippen MR) is 110 cm³/mol. The molecule has 0 aromatic heterocycles. The molecule has 1 aliphatic heterocycles. The second-order valence-corrected chi connectivity index (χ2v) is 8.37. The zero-order valence-corrected chi connectivity index (χ0v) is 16.4. The van der Waals surface area contributed by atoms with Crippen LogP contribution in [-0.4, -0.2) is 5.78 Å². The number of nitrogens with two attached hydrogens (primary N) is 1. The van der Waals surface area contributed by atoms with Crippen LogP contribution in [0.1, 0.15) is 38.2 Å². The molecule has 0 spiro atoms. The van der Waals surface area contributed by atoms with E-state index in [-0.39, 0.29) is 22.8 Å². The van der Waals surface area contributed by atoms with E-state index >= 15 is 0 Å². The van der Waals surface area contributed by atoms with E-state index in [1.165, 1.54) is 12.1 Å². The van der Waals surface area contributed by atoms with Gasteiger partial charge in [-0.25, -0.2) is 4.39 Å². The predicted octanol–water partition coefficient (Wildman–Crippen LogP) is 4.77. The van der Waals surface area contributed by atoms with Crippen molar-refractivity contribution in [1.29, 1.82) is 5.26 Å². The van der Waals surface area contributed by atoms with E-state index in [1.807, 2.05) is 30.3 Å². The highest BCUT2D eigenvalue weighted by atomic mass is 19.1. The number of nitrogens with zero attached hydrogens (tertiary/aromatic N) is 2. The van der Waals surface area contributed by atoms with Gasteiger partial charge in [-0.3, -0.25) is 9.69 Å². The molecule has 1 heterocycles. The molecule has 4 rings (SSSR count). The molecule has 1 aliphatic carbocycles. The normalized spacial score (nSPS) is 21.1. The third-order valence-electron chi connectivity index (χ3n) is 5.60. The lowest BCUT2D eigenvalue weighted by molar-refractivity contribution is -0.118. The summed E-state index contributed by atoms with van der Waals surface area (Å²) in [6.07, 6.45) is 1.04. The maximum Gasteiger partial charge on any atom is 0.162 e. The lowest BCUT2D eigenvalue weighted by atomic mass is 9.68. The van der Waals surface area contributed by atoms with Gasteiger partial charge in [0.2, 0.25) is 0 Å². The van der Waals surface area contributed by atoms with E-state index in [0.717, 1.165) is 11.3 Å². The van der Waals surface area contributed by atoms with Crippen LogP contribution in [0.25, 0.3) is 0 Å². The Morgan fingerprint density at radius 2 is 1.76 bits per heavy atom. The Hall–Kier alpha value is -3.39. The Balaban J connectivity index is 1.99. The average Bonchev–Trinajstić information content (AvgIpc) is 2.68. The van der Waals surface area contributed by atoms with Crippen molar-refractivity contribution in [2.24, 2.45) is 11.1 Å². The summed E-state index contributed by atoms with van der Waals surface area (Å²) in [6, 6.07) is 17.7. The van der Waals surface area contributed by atoms with Crippen LogP contribution in [0.2, 0.25) is 0 Å². The average molecular weight is 387 g/mol. The molecule has 0 saturated heterocycles. The monoisotopic (exact) mass is 387 g/mol. The summed E-state index contributed by atoms with van der Waals surface area (Å²) in [5, 5.41) is 9.97. The van der Waals surface area contributed by atoms with Crippen molar-refractivity contribution in [2.45, 2.75) is 32.6 Å². The molecule has 1 atom stereocenters. The number of anilines is 1. The van der Waals surface area contributed by atoms with Crippen LogP contribution >= 0.6 is 0 Å². The lowest BCUT2D eigenvalue weighted by Crippen LogP contribution is -2.42. The van der Waals surface area contributed by atoms with Gasteiger partial charge in [0.25, 0.3) is 0 Å². The third-order valence-corrected chi connectivity index (χ3v) is 5.60. The summed E-state index contributed by atoms with van der Waals surface area (Å²) >= 11 is 0. The molecule has 2 aliphatic rings. The molecular weight excluding hydrogens is 365 g/mol. The van der Waals surface area contributed by atoms with E-state index < -0.39 is 5.92 Å². The Bertz CT molecular complexity index is 1080. The molecule has 0 fully saturated rings. The van der Waals surface area contributed by atoms with E-state index in [2.05, 4.69) is 19.9 Å². The SMILES string of the molecule is CC1(C)CC(=O)C2=C(C1)N(c1ccc(F)cc1)C(N)=C(C#N)C2c1ccccc1. The Kier molecular flexibility index (Phi) is 4.50. The van der Waals surface area contributed by atoms with E-state index in [1.54, 1.807) is 17.0 Å². The molecule has 2 aromatic rings. The first kappa shape index (κ1) is 18.9. The number of hydrogen-bond acceptors (Lipinski definition) is 4. The summed E-state index contributed by atoms with van der Waals surface area (Å²) in [5.74, 6) is -0.531. The van der Waals surface area contributed by atoms with E-state index in [0.29, 0.717) is 29.7 Å². The van der Waals surface area contributed by atoms with Crippen LogP contribution in [0.15, 0.2) is 77.3 Å². The smallest absolute Gasteiger partial charge is 0.162 e. The molecule has 5 heteroatoms. The minimum atomic E-state index is -0.489. The van der Waals surface area contributed by atoms with Gasteiger partial charge in [-0.2, -0.15) is 5.26 Å². The van der Waals surface area contributed by atoms with Crippen molar-refractivity contribution in [3.63, 3.8) is 0 Å². The van der Waals surface area contributed by atoms with Crippen molar-refractivity contribution in [2.75, 3.05) is 4.90 Å². The van der Waals surface area contributed by atoms with Gasteiger partial charge in [0.15, 0.2) is 5.78 Å². The number of benzene rings is 2. The maximum absolute atomic E-state index is 13.5. The molecule has 2 aromatic carbocycles. The van der Waals surface area contributed by atoms with Crippen LogP contribution in [0.5, 0.6) is 0 Å². The van der Waals surface area contributed by atoms with Gasteiger partial charge in [0, 0.05) is 23.4 Å². The van der Waals surface area contributed by atoms with Gasteiger partial charge in [0.05, 0.1) is 17.6 Å². The van der Waals surface area contributed by atoms with Gasteiger partial charge < -0.3 is 5.73 Å². The number of carbonyl (C=O) groups is 1. The summed E-state index contributed by atoms with van der Waals surface area (Å²) in [4.78, 5) is 15.1. The molecule has 2 N–H and O–H groups in total. The summed E-state index contributed by atoms with van der Waals surface area (Å²) in [6.45, 7) is 4.10. The van der Waals surface area contributed by atoms with Crippen LogP contribution < -0.4 is 10.6 Å². The quantitative estimate of drug-likeness (QED) is 0.806. The molecule has 4 nitrogen and oxygen atoms in total. The van der Waals surface area contributed by atoms with Crippen molar-refractivity contribution < 1.29 is 9.18 Å². The highest BCUT2D eigenvalue weighted by molar-refractivity contribution is 6.01. The summed E-state index contributed by atoms with van der Waals surface area (Å²) in [5.41, 5.74) is 9.54. The topological polar surface area (TPSA) is 70.1 Å². The number of rotatable bonds is 2. The molecular formula is C24H22FN3O. The van der Waals surface area contributed by atoms with E-state index in [9.17, 15) is 14.4 Å². The molecule has 0 bridgehead atoms. The minimum Gasteiger partial charge on any atom is -0.384 e. The molecule has 146 valence electrons. The fourth-order valence-corrected chi connectivity index (χ4v) is 4.37. The van der Waals surface area contributed by atoms with E-state index in [4.69, 9.17) is 5.73 Å². The number of ketones is 1. The minimum absolute atomic E-state index is 0.0254. The second kappa shape index (κ2) is 6.89. The highest BCUT2D eigenvalue weighted by Crippen LogP contribution is 2.50. The Labute approximate surface area is 169 Å². The van der Waals surface area contributed by atoms with Crippen LogP contribution in [0, 0.1) is 22.6 Å². The zero-order chi connectivity index (χ0) is 20.8. The van der Waals surface area contributed by atoms with Crippen LogP contribution in [-0.2, 0) is 4.79 Å². The van der Waals surface area contributed by atoms with Gasteiger partial charge >= 0.3 is 0 Å². The van der Waals surface area contributed by atoms with Gasteiger partial charge in [0.1, 0.15) is 11.6 Å². The molecule has 29 heavy (non-hydrogen) atoms. The molecule has 0 radical (unpaired) electrons. The van der Waals surface area contributed by atoms with Crippen molar-refractivity contribution in [3.05, 3.63) is 88.6 Å². The van der Waals surface area contributed by atoms with Crippen molar-refractivity contribution in [1.82, 2.24) is 0 Å². The largest absolute Gasteiger partial charge is 0.384 e. The summed E-state index contributed by atoms with van der Waals surface area (Å²) < 4.78 is 13.5. The summed E-state index contributed by atoms with van der Waals surface area (Å²) in [7, 11) is 0. The first-order chi connectivity index (χ1) is 13.8. The first-order valence-electron chi connectivity index (χ1n) is 9.59. The van der Waals surface area contributed by atoms with Gasteiger partial charge in [-0.05, 0) is 41.7 Å². The number of halogens is 1. The number of allylic oxidation sites excluding steroid dienone is 3. The maximum atomic E-state index is 13.5. The number of hydrogen-bond donors (Lipinski definition) is 1. The number of nitriles is 1. The molecule has 1 unspecified atom stereocenters. The van der Waals surface area contributed by atoms with Crippen molar-refractivity contribution >= 4 is 11.5 Å². The lowest BCUT2D eigenvalue weighted by Gasteiger charge is -2.43. The fourth-order valence-electron chi connectivity index (χ4n) is 4.37. The van der Waals surface area contributed by atoms with Crippen LogP contribution in [0.3, 0.4) is 0 Å². The number of carbonyl (C=O) groups excluding carboxylic acids is 1. The third kappa shape index (κ3) is 3.21. The standard InChI is InChI=1S/C24H22FN3O/c1-24(2)12-19-22(20(29)13-24)21(15-6-4-3-5-7-15)18(14-26)23(27)28(19)17-10-8-16(25)9-11-17/h3-11,21H,12-13,27H2,1-2H3. The highest BCUT2D eigenvalue weighted by Gasteiger charge is 2.44. The Morgan fingerprint density at radius 1 is 1.10 bits per heavy atom. The van der Waals surface area contributed by atoms with Crippen molar-refractivity contribution in [3.8, 4) is 6.07 Å². The van der Waals surface area contributed by atoms with Gasteiger partial charge in [-0.1, -0.05) is 44.2 Å². The van der Waals surface area contributed by atoms with Gasteiger partial charge in [-0.15, -0.1) is 0 Å². The first-order valence-corrected chi connectivity index (χ1v) is 9.59. The number of Topliss-reactive ketones (excluding diaryl/α,β-unsaturated/α-hetero) is 1. The molecule has 0 amide bonds. The zero-order valence-electron chi connectivity index (χ0n) is 16.4. The Morgan fingerprint density at radius 3 is 2.38 bits per heavy atom. The van der Waals surface area contributed by atoms with Crippen LogP contribution in [0.4, 0.5) is 10.1 Å². The second-order valence-electron chi connectivity index (χ2n) is 8.37. The molecule has 0 saturated carbocycles.